The Morgan fingerprint density at radius 1 is 1.13 bits per heavy atom. The molecule has 0 radical (unpaired) electrons. The first-order valence-corrected chi connectivity index (χ1v) is 7.67. The van der Waals surface area contributed by atoms with Crippen molar-refractivity contribution >= 4 is 16.9 Å². The van der Waals surface area contributed by atoms with Crippen LogP contribution in [0.2, 0.25) is 0 Å². The second kappa shape index (κ2) is 7.07. The normalized spacial score (nSPS) is 12.2. The molecule has 1 unspecified atom stereocenters. The van der Waals surface area contributed by atoms with Crippen molar-refractivity contribution in [1.82, 2.24) is 9.97 Å². The number of anilines is 1. The van der Waals surface area contributed by atoms with Crippen LogP contribution in [-0.2, 0) is 4.74 Å². The zero-order valence-corrected chi connectivity index (χ0v) is 13.0. The first-order valence-electron chi connectivity index (χ1n) is 7.67. The molecule has 0 aliphatic carbocycles. The summed E-state index contributed by atoms with van der Waals surface area (Å²) in [5.74, 6) is 0.453. The summed E-state index contributed by atoms with van der Waals surface area (Å²) >= 11 is 0. The highest BCUT2D eigenvalue weighted by atomic mass is 16.5. The van der Waals surface area contributed by atoms with Crippen LogP contribution in [0.15, 0.2) is 59.4 Å². The molecule has 3 rings (SSSR count). The smallest absolute Gasteiger partial charge is 0.260 e. The fraction of sp³-hybridized carbons (Fsp3) is 0.222. The zero-order valence-electron chi connectivity index (χ0n) is 13.0. The molecule has 118 valence electrons. The van der Waals surface area contributed by atoms with Gasteiger partial charge in [0, 0.05) is 13.2 Å². The molecule has 5 nitrogen and oxygen atoms in total. The van der Waals surface area contributed by atoms with Crippen molar-refractivity contribution < 1.29 is 4.74 Å². The Hall–Kier alpha value is -2.66. The number of hydrogen-bond acceptors (Lipinski definition) is 4. The third-order valence-corrected chi connectivity index (χ3v) is 3.61. The number of H-pyrrole nitrogens is 1. The lowest BCUT2D eigenvalue weighted by molar-refractivity contribution is 0.0718. The predicted octanol–water partition coefficient (Wildman–Crippen LogP) is 3.11. The number of rotatable bonds is 6. The lowest BCUT2D eigenvalue weighted by atomic mass is 10.1. The van der Waals surface area contributed by atoms with Gasteiger partial charge in [-0.3, -0.25) is 9.78 Å². The summed E-state index contributed by atoms with van der Waals surface area (Å²) < 4.78 is 5.79. The number of para-hydroxylation sites is 1. The number of aromatic nitrogens is 2. The fourth-order valence-corrected chi connectivity index (χ4v) is 2.50. The number of ether oxygens (including phenoxy) is 1. The number of benzene rings is 2. The average molecular weight is 309 g/mol. The van der Waals surface area contributed by atoms with E-state index in [4.69, 9.17) is 4.74 Å². The van der Waals surface area contributed by atoms with Gasteiger partial charge in [0.2, 0.25) is 5.95 Å². The van der Waals surface area contributed by atoms with E-state index in [9.17, 15) is 4.79 Å². The summed E-state index contributed by atoms with van der Waals surface area (Å²) in [6.45, 7) is 3.11. The van der Waals surface area contributed by atoms with Gasteiger partial charge >= 0.3 is 0 Å². The van der Waals surface area contributed by atoms with Crippen molar-refractivity contribution in [3.8, 4) is 0 Å². The highest BCUT2D eigenvalue weighted by Crippen LogP contribution is 2.17. The van der Waals surface area contributed by atoms with Crippen molar-refractivity contribution in [2.75, 3.05) is 18.5 Å². The second-order valence-corrected chi connectivity index (χ2v) is 5.17. The van der Waals surface area contributed by atoms with Gasteiger partial charge in [-0.1, -0.05) is 42.5 Å². The Kier molecular flexibility index (Phi) is 4.68. The minimum absolute atomic E-state index is 0.0991. The number of aromatic amines is 1. The monoisotopic (exact) mass is 309 g/mol. The van der Waals surface area contributed by atoms with Gasteiger partial charge in [-0.05, 0) is 24.6 Å². The highest BCUT2D eigenvalue weighted by Gasteiger charge is 2.12. The van der Waals surface area contributed by atoms with Crippen molar-refractivity contribution in [3.63, 3.8) is 0 Å². The van der Waals surface area contributed by atoms with Gasteiger partial charge in [-0.2, -0.15) is 0 Å². The van der Waals surface area contributed by atoms with Crippen LogP contribution < -0.4 is 10.9 Å². The lowest BCUT2D eigenvalue weighted by Crippen LogP contribution is -2.19. The SMILES string of the molecule is CCOC(CNc1nc2ccccc2c(=O)[nH]1)c1ccccc1. The third kappa shape index (κ3) is 3.57. The molecule has 0 fully saturated rings. The molecular weight excluding hydrogens is 290 g/mol. The van der Waals surface area contributed by atoms with Crippen molar-refractivity contribution in [3.05, 3.63) is 70.5 Å². The summed E-state index contributed by atoms with van der Waals surface area (Å²) in [6, 6.07) is 17.3. The van der Waals surface area contributed by atoms with Gasteiger partial charge in [-0.25, -0.2) is 4.98 Å². The topological polar surface area (TPSA) is 67.0 Å². The van der Waals surface area contributed by atoms with Crippen molar-refractivity contribution in [2.45, 2.75) is 13.0 Å². The highest BCUT2D eigenvalue weighted by molar-refractivity contribution is 5.78. The Labute approximate surface area is 134 Å². The van der Waals surface area contributed by atoms with Gasteiger partial charge in [0.05, 0.1) is 17.0 Å². The van der Waals surface area contributed by atoms with Gasteiger partial charge in [0.1, 0.15) is 0 Å². The van der Waals surface area contributed by atoms with Gasteiger partial charge in [-0.15, -0.1) is 0 Å². The van der Waals surface area contributed by atoms with E-state index in [1.807, 2.05) is 55.5 Å². The molecule has 0 amide bonds. The number of fused-ring (bicyclic) bond motifs is 1. The average Bonchev–Trinajstić information content (AvgIpc) is 2.59. The van der Waals surface area contributed by atoms with Gasteiger partial charge < -0.3 is 10.1 Å². The summed E-state index contributed by atoms with van der Waals surface area (Å²) in [4.78, 5) is 19.3. The van der Waals surface area contributed by atoms with Gasteiger partial charge in [0.25, 0.3) is 5.56 Å². The quantitative estimate of drug-likeness (QED) is 0.734. The minimum atomic E-state index is -0.147. The molecule has 0 aliphatic rings. The molecule has 0 bridgehead atoms. The van der Waals surface area contributed by atoms with E-state index in [1.165, 1.54) is 0 Å². The number of nitrogens with zero attached hydrogens (tertiary/aromatic N) is 1. The summed E-state index contributed by atoms with van der Waals surface area (Å²) in [6.07, 6.45) is -0.0991. The molecule has 0 saturated heterocycles. The molecule has 3 aromatic rings. The van der Waals surface area contributed by atoms with Crippen LogP contribution >= 0.6 is 0 Å². The molecule has 2 N–H and O–H groups in total. The van der Waals surface area contributed by atoms with Crippen LogP contribution in [0.25, 0.3) is 10.9 Å². The van der Waals surface area contributed by atoms with E-state index < -0.39 is 0 Å². The van der Waals surface area contributed by atoms with Crippen LogP contribution in [0, 0.1) is 0 Å². The molecule has 1 atom stereocenters. The third-order valence-electron chi connectivity index (χ3n) is 3.61. The van der Waals surface area contributed by atoms with E-state index in [-0.39, 0.29) is 11.7 Å². The first-order chi connectivity index (χ1) is 11.3. The summed E-state index contributed by atoms with van der Waals surface area (Å²) in [5.41, 5.74) is 1.61. The second-order valence-electron chi connectivity index (χ2n) is 5.17. The predicted molar refractivity (Wildman–Crippen MR) is 91.7 cm³/mol. The molecular formula is C18H19N3O2. The van der Waals surface area contributed by atoms with Crippen LogP contribution in [0.5, 0.6) is 0 Å². The van der Waals surface area contributed by atoms with Crippen LogP contribution in [-0.4, -0.2) is 23.1 Å². The molecule has 1 aromatic heterocycles. The number of nitrogens with one attached hydrogen (secondary N) is 2. The van der Waals surface area contributed by atoms with Gasteiger partial charge in [0.15, 0.2) is 0 Å². The molecule has 0 aliphatic heterocycles. The summed E-state index contributed by atoms with van der Waals surface area (Å²) in [5, 5.41) is 3.75. The largest absolute Gasteiger partial charge is 0.372 e. The van der Waals surface area contributed by atoms with Crippen LogP contribution in [0.4, 0.5) is 5.95 Å². The number of hydrogen-bond donors (Lipinski definition) is 2. The molecule has 5 heteroatoms. The van der Waals surface area contributed by atoms with E-state index in [1.54, 1.807) is 6.07 Å². The molecule has 0 spiro atoms. The maximum atomic E-state index is 12.1. The van der Waals surface area contributed by atoms with E-state index in [0.29, 0.717) is 30.0 Å². The first kappa shape index (κ1) is 15.2. The van der Waals surface area contributed by atoms with Crippen molar-refractivity contribution in [1.29, 1.82) is 0 Å². The van der Waals surface area contributed by atoms with E-state index in [0.717, 1.165) is 5.56 Å². The van der Waals surface area contributed by atoms with Crippen LogP contribution in [0.3, 0.4) is 0 Å². The maximum absolute atomic E-state index is 12.1. The lowest BCUT2D eigenvalue weighted by Gasteiger charge is -2.18. The van der Waals surface area contributed by atoms with Crippen molar-refractivity contribution in [2.24, 2.45) is 0 Å². The summed E-state index contributed by atoms with van der Waals surface area (Å²) in [7, 11) is 0. The van der Waals surface area contributed by atoms with E-state index in [2.05, 4.69) is 15.3 Å². The maximum Gasteiger partial charge on any atom is 0.260 e. The molecule has 23 heavy (non-hydrogen) atoms. The standard InChI is InChI=1S/C18H19N3O2/c1-2-23-16(13-8-4-3-5-9-13)12-19-18-20-15-11-7-6-10-14(15)17(22)21-18/h3-11,16H,2,12H2,1H3,(H2,19,20,21,22). The Morgan fingerprint density at radius 2 is 1.87 bits per heavy atom. The molecule has 2 aromatic carbocycles. The van der Waals surface area contributed by atoms with E-state index >= 15 is 0 Å². The fourth-order valence-electron chi connectivity index (χ4n) is 2.50. The Bertz CT molecular complexity index is 830. The Morgan fingerprint density at radius 3 is 2.65 bits per heavy atom. The van der Waals surface area contributed by atoms with Crippen LogP contribution in [0.1, 0.15) is 18.6 Å². The minimum Gasteiger partial charge on any atom is -0.372 e. The zero-order chi connectivity index (χ0) is 16.1. The Balaban J connectivity index is 1.80. The molecule has 0 saturated carbocycles. The molecule has 1 heterocycles.